The fourth-order valence-electron chi connectivity index (χ4n) is 3.29. The highest BCUT2D eigenvalue weighted by atomic mass is 15.0. The van der Waals surface area contributed by atoms with Crippen LogP contribution in [0.4, 0.5) is 5.82 Å². The van der Waals surface area contributed by atoms with Gasteiger partial charge < -0.3 is 5.32 Å². The van der Waals surface area contributed by atoms with Gasteiger partial charge in [-0.1, -0.05) is 20.3 Å². The highest BCUT2D eigenvalue weighted by molar-refractivity contribution is 5.57. The number of aryl methyl sites for hydroxylation is 2. The maximum Gasteiger partial charge on any atom is 0.144 e. The molecule has 19 heavy (non-hydrogen) atoms. The summed E-state index contributed by atoms with van der Waals surface area (Å²) in [4.78, 5) is 4.52. The summed E-state index contributed by atoms with van der Waals surface area (Å²) in [6.45, 7) is 8.53. The number of anilines is 1. The molecule has 1 N–H and O–H groups in total. The summed E-state index contributed by atoms with van der Waals surface area (Å²) < 4.78 is 0. The molecular weight excluding hydrogens is 234 g/mol. The van der Waals surface area contributed by atoms with Gasteiger partial charge in [-0.25, -0.2) is 4.98 Å². The van der Waals surface area contributed by atoms with E-state index in [2.05, 4.69) is 30.2 Å². The minimum absolute atomic E-state index is 0.450. The molecule has 3 heteroatoms. The average Bonchev–Trinajstić information content (AvgIpc) is 2.70. The molecule has 1 fully saturated rings. The molecule has 3 atom stereocenters. The second-order valence-electron chi connectivity index (χ2n) is 5.77. The normalized spacial score (nSPS) is 26.2. The van der Waals surface area contributed by atoms with Crippen molar-refractivity contribution in [2.45, 2.75) is 53.0 Å². The van der Waals surface area contributed by atoms with Crippen molar-refractivity contribution in [3.8, 4) is 6.07 Å². The van der Waals surface area contributed by atoms with E-state index in [0.717, 1.165) is 23.0 Å². The van der Waals surface area contributed by atoms with E-state index in [1.54, 1.807) is 0 Å². The number of pyridine rings is 1. The maximum atomic E-state index is 9.30. The Morgan fingerprint density at radius 3 is 2.74 bits per heavy atom. The molecule has 1 aromatic heterocycles. The van der Waals surface area contributed by atoms with Crippen molar-refractivity contribution in [1.29, 1.82) is 5.26 Å². The van der Waals surface area contributed by atoms with Crippen molar-refractivity contribution in [3.63, 3.8) is 0 Å². The van der Waals surface area contributed by atoms with Gasteiger partial charge in [-0.05, 0) is 50.2 Å². The first-order valence-electron chi connectivity index (χ1n) is 7.21. The number of nitrogens with zero attached hydrogens (tertiary/aromatic N) is 2. The van der Waals surface area contributed by atoms with Crippen LogP contribution in [0.2, 0.25) is 0 Å². The van der Waals surface area contributed by atoms with Gasteiger partial charge in [0.15, 0.2) is 0 Å². The van der Waals surface area contributed by atoms with Gasteiger partial charge in [0.25, 0.3) is 0 Å². The first-order chi connectivity index (χ1) is 9.06. The van der Waals surface area contributed by atoms with Crippen LogP contribution in [0.25, 0.3) is 0 Å². The second-order valence-corrected chi connectivity index (χ2v) is 5.77. The lowest BCUT2D eigenvalue weighted by Crippen LogP contribution is -2.26. The van der Waals surface area contributed by atoms with Crippen molar-refractivity contribution >= 4 is 5.82 Å². The van der Waals surface area contributed by atoms with Crippen molar-refractivity contribution < 1.29 is 0 Å². The van der Waals surface area contributed by atoms with Crippen LogP contribution in [0, 0.1) is 37.0 Å². The molecule has 0 spiro atoms. The molecule has 1 aliphatic carbocycles. The summed E-state index contributed by atoms with van der Waals surface area (Å²) in [5.41, 5.74) is 2.67. The van der Waals surface area contributed by atoms with Crippen LogP contribution in [-0.4, -0.2) is 11.0 Å². The van der Waals surface area contributed by atoms with Crippen molar-refractivity contribution in [2.24, 2.45) is 11.8 Å². The Labute approximate surface area is 116 Å². The fourth-order valence-corrected chi connectivity index (χ4v) is 3.29. The lowest BCUT2D eigenvalue weighted by atomic mass is 9.93. The molecule has 1 aromatic rings. The van der Waals surface area contributed by atoms with Crippen LogP contribution in [0.5, 0.6) is 0 Å². The van der Waals surface area contributed by atoms with Crippen LogP contribution >= 0.6 is 0 Å². The summed E-state index contributed by atoms with van der Waals surface area (Å²) in [6.07, 6.45) is 3.70. The SMILES string of the molecule is CCC1CCC(Nc2nc(C)cc(C)c2C#N)C1C. The van der Waals surface area contributed by atoms with E-state index in [4.69, 9.17) is 0 Å². The Balaban J connectivity index is 2.23. The summed E-state index contributed by atoms with van der Waals surface area (Å²) in [5.74, 6) is 2.22. The number of rotatable bonds is 3. The Morgan fingerprint density at radius 2 is 2.16 bits per heavy atom. The van der Waals surface area contributed by atoms with E-state index in [-0.39, 0.29) is 0 Å². The van der Waals surface area contributed by atoms with Gasteiger partial charge in [-0.15, -0.1) is 0 Å². The molecule has 1 saturated carbocycles. The van der Waals surface area contributed by atoms with Gasteiger partial charge in [-0.2, -0.15) is 5.26 Å². The molecule has 2 rings (SSSR count). The number of nitriles is 1. The van der Waals surface area contributed by atoms with Crippen molar-refractivity contribution in [3.05, 3.63) is 22.9 Å². The van der Waals surface area contributed by atoms with Crippen LogP contribution in [0.15, 0.2) is 6.07 Å². The molecule has 0 radical (unpaired) electrons. The molecule has 3 unspecified atom stereocenters. The third kappa shape index (κ3) is 2.73. The van der Waals surface area contributed by atoms with Crippen LogP contribution in [0.3, 0.4) is 0 Å². The molecule has 102 valence electrons. The van der Waals surface area contributed by atoms with E-state index in [0.29, 0.717) is 17.5 Å². The predicted octanol–water partition coefficient (Wildman–Crippen LogP) is 3.81. The summed E-state index contributed by atoms with van der Waals surface area (Å²) in [6, 6.07) is 4.70. The van der Waals surface area contributed by atoms with Crippen LogP contribution in [-0.2, 0) is 0 Å². The van der Waals surface area contributed by atoms with Gasteiger partial charge >= 0.3 is 0 Å². The second kappa shape index (κ2) is 5.61. The average molecular weight is 257 g/mol. The molecule has 0 saturated heterocycles. The van der Waals surface area contributed by atoms with E-state index >= 15 is 0 Å². The number of hydrogen-bond donors (Lipinski definition) is 1. The van der Waals surface area contributed by atoms with Crippen molar-refractivity contribution in [1.82, 2.24) is 4.98 Å². The summed E-state index contributed by atoms with van der Waals surface area (Å²) in [5, 5.41) is 12.8. The lowest BCUT2D eigenvalue weighted by Gasteiger charge is -2.22. The predicted molar refractivity (Wildman–Crippen MR) is 78.0 cm³/mol. The summed E-state index contributed by atoms with van der Waals surface area (Å²) >= 11 is 0. The van der Waals surface area contributed by atoms with Crippen LogP contribution < -0.4 is 5.32 Å². The van der Waals surface area contributed by atoms with Gasteiger partial charge in [0.1, 0.15) is 11.9 Å². The van der Waals surface area contributed by atoms with E-state index < -0.39 is 0 Å². The molecule has 0 aromatic carbocycles. The topological polar surface area (TPSA) is 48.7 Å². The van der Waals surface area contributed by atoms with Crippen molar-refractivity contribution in [2.75, 3.05) is 5.32 Å². The third-order valence-electron chi connectivity index (χ3n) is 4.53. The quantitative estimate of drug-likeness (QED) is 0.895. The van der Waals surface area contributed by atoms with Gasteiger partial charge in [-0.3, -0.25) is 0 Å². The minimum atomic E-state index is 0.450. The largest absolute Gasteiger partial charge is 0.366 e. The lowest BCUT2D eigenvalue weighted by molar-refractivity contribution is 0.391. The van der Waals surface area contributed by atoms with E-state index in [9.17, 15) is 5.26 Å². The monoisotopic (exact) mass is 257 g/mol. The standard InChI is InChI=1S/C16H23N3/c1-5-13-6-7-15(12(13)4)19-16-14(9-17)10(2)8-11(3)18-16/h8,12-13,15H,5-7H2,1-4H3,(H,18,19). The zero-order chi connectivity index (χ0) is 14.0. The fraction of sp³-hybridized carbons (Fsp3) is 0.625. The zero-order valence-corrected chi connectivity index (χ0v) is 12.3. The number of nitrogens with one attached hydrogen (secondary N) is 1. The molecule has 1 aliphatic rings. The molecule has 1 heterocycles. The first kappa shape index (κ1) is 13.9. The molecule has 0 bridgehead atoms. The summed E-state index contributed by atoms with van der Waals surface area (Å²) in [7, 11) is 0. The molecule has 3 nitrogen and oxygen atoms in total. The number of aromatic nitrogens is 1. The van der Waals surface area contributed by atoms with E-state index in [1.807, 2.05) is 19.9 Å². The third-order valence-corrected chi connectivity index (χ3v) is 4.53. The smallest absolute Gasteiger partial charge is 0.144 e. The Morgan fingerprint density at radius 1 is 1.42 bits per heavy atom. The van der Waals surface area contributed by atoms with Gasteiger partial charge in [0.2, 0.25) is 0 Å². The zero-order valence-electron chi connectivity index (χ0n) is 12.3. The Kier molecular flexibility index (Phi) is 4.09. The maximum absolute atomic E-state index is 9.30. The Hall–Kier alpha value is -1.56. The first-order valence-corrected chi connectivity index (χ1v) is 7.21. The number of hydrogen-bond acceptors (Lipinski definition) is 3. The molecule has 0 aliphatic heterocycles. The highest BCUT2D eigenvalue weighted by Crippen LogP contribution is 2.36. The van der Waals surface area contributed by atoms with Gasteiger partial charge in [0.05, 0.1) is 5.56 Å². The highest BCUT2D eigenvalue weighted by Gasteiger charge is 2.32. The van der Waals surface area contributed by atoms with Crippen LogP contribution in [0.1, 0.15) is 49.9 Å². The van der Waals surface area contributed by atoms with Gasteiger partial charge in [0, 0.05) is 11.7 Å². The molecular formula is C16H23N3. The van der Waals surface area contributed by atoms with E-state index in [1.165, 1.54) is 19.3 Å². The minimum Gasteiger partial charge on any atom is -0.366 e. The molecule has 0 amide bonds. The Bertz CT molecular complexity index is 501.